The number of aromatic nitrogens is 3. The highest BCUT2D eigenvalue weighted by Crippen LogP contribution is 2.30. The van der Waals surface area contributed by atoms with Crippen molar-refractivity contribution in [1.29, 1.82) is 0 Å². The van der Waals surface area contributed by atoms with Crippen molar-refractivity contribution in [3.63, 3.8) is 0 Å². The van der Waals surface area contributed by atoms with Gasteiger partial charge in [-0.05, 0) is 26.3 Å². The fourth-order valence-corrected chi connectivity index (χ4v) is 4.10. The van der Waals surface area contributed by atoms with Crippen LogP contribution in [0.2, 0.25) is 0 Å². The maximum absolute atomic E-state index is 13.0. The molecular weight excluding hydrogens is 372 g/mol. The smallest absolute Gasteiger partial charge is 0.328 e. The van der Waals surface area contributed by atoms with Gasteiger partial charge in [0, 0.05) is 13.6 Å². The van der Waals surface area contributed by atoms with Gasteiger partial charge in [-0.2, -0.15) is 5.10 Å². The minimum atomic E-state index is -1.11. The molecule has 1 aliphatic heterocycles. The van der Waals surface area contributed by atoms with E-state index in [0.29, 0.717) is 32.4 Å². The molecule has 10 heteroatoms. The van der Waals surface area contributed by atoms with Crippen LogP contribution in [0.5, 0.6) is 0 Å². The summed E-state index contributed by atoms with van der Waals surface area (Å²) in [5.41, 5.74) is 1.99. The first kappa shape index (κ1) is 19.2. The number of rotatable bonds is 3. The number of carboxylic acid groups (broad SMARTS) is 1. The van der Waals surface area contributed by atoms with Crippen LogP contribution >= 0.6 is 11.3 Å². The Bertz CT molecular complexity index is 980. The number of carbonyl (C=O) groups excluding carboxylic acids is 1. The van der Waals surface area contributed by atoms with E-state index >= 15 is 0 Å². The zero-order valence-corrected chi connectivity index (χ0v) is 16.3. The maximum atomic E-state index is 13.0. The number of hydrogen-bond acceptors (Lipinski definition) is 7. The monoisotopic (exact) mass is 392 g/mol. The molecular formula is C17H20N4O5S. The van der Waals surface area contributed by atoms with Gasteiger partial charge >= 0.3 is 5.97 Å². The Balaban J connectivity index is 2.04. The summed E-state index contributed by atoms with van der Waals surface area (Å²) in [5, 5.41) is 13.9. The Morgan fingerprint density at radius 3 is 2.63 bits per heavy atom. The van der Waals surface area contributed by atoms with E-state index in [1.54, 1.807) is 27.8 Å². The summed E-state index contributed by atoms with van der Waals surface area (Å²) >= 11 is 1.10. The lowest BCUT2D eigenvalue weighted by Gasteiger charge is -2.32. The van der Waals surface area contributed by atoms with Gasteiger partial charge in [0.1, 0.15) is 9.88 Å². The quantitative estimate of drug-likeness (QED) is 0.820. The van der Waals surface area contributed by atoms with Gasteiger partial charge in [-0.15, -0.1) is 11.3 Å². The molecule has 1 amide bonds. The average molecular weight is 392 g/mol. The molecule has 9 nitrogen and oxygen atoms in total. The summed E-state index contributed by atoms with van der Waals surface area (Å²) in [5.74, 6) is -1.52. The van der Waals surface area contributed by atoms with Gasteiger partial charge in [-0.25, -0.2) is 14.5 Å². The molecule has 0 radical (unpaired) electrons. The highest BCUT2D eigenvalue weighted by Gasteiger charge is 2.35. The highest BCUT2D eigenvalue weighted by molar-refractivity contribution is 7.17. The summed E-state index contributed by atoms with van der Waals surface area (Å²) in [6, 6.07) is -1.03. The summed E-state index contributed by atoms with van der Waals surface area (Å²) in [6.07, 6.45) is 0. The molecule has 3 heterocycles. The van der Waals surface area contributed by atoms with Crippen LogP contribution in [-0.2, 0) is 16.6 Å². The Labute approximate surface area is 159 Å². The van der Waals surface area contributed by atoms with Crippen molar-refractivity contribution < 1.29 is 19.4 Å². The minimum absolute atomic E-state index is 0.0466. The summed E-state index contributed by atoms with van der Waals surface area (Å²) < 4.78 is 6.43. The topological polar surface area (TPSA) is 115 Å². The zero-order valence-electron chi connectivity index (χ0n) is 15.5. The SMILES string of the molecule is Cc1nc(-c2c(C)c(C)nn(C)c2=O)sc1C(=O)N1CCOC[C@@H]1C(=O)O. The summed E-state index contributed by atoms with van der Waals surface area (Å²) in [7, 11) is 1.57. The van der Waals surface area contributed by atoms with Crippen molar-refractivity contribution in [2.45, 2.75) is 26.8 Å². The number of aliphatic carboxylic acids is 1. The van der Waals surface area contributed by atoms with E-state index in [-0.39, 0.29) is 25.3 Å². The number of ether oxygens (including phenoxy) is 1. The van der Waals surface area contributed by atoms with Crippen molar-refractivity contribution in [3.05, 3.63) is 32.2 Å². The lowest BCUT2D eigenvalue weighted by Crippen LogP contribution is -2.52. The lowest BCUT2D eigenvalue weighted by atomic mass is 10.1. The second-order valence-electron chi connectivity index (χ2n) is 6.38. The number of carbonyl (C=O) groups is 2. The Morgan fingerprint density at radius 1 is 1.26 bits per heavy atom. The fourth-order valence-electron chi connectivity index (χ4n) is 2.98. The van der Waals surface area contributed by atoms with Gasteiger partial charge in [-0.1, -0.05) is 0 Å². The predicted octanol–water partition coefficient (Wildman–Crippen LogP) is 0.755. The third-order valence-electron chi connectivity index (χ3n) is 4.60. The van der Waals surface area contributed by atoms with Crippen LogP contribution in [0.4, 0.5) is 0 Å². The van der Waals surface area contributed by atoms with Crippen molar-refractivity contribution in [1.82, 2.24) is 19.7 Å². The van der Waals surface area contributed by atoms with E-state index < -0.39 is 17.9 Å². The van der Waals surface area contributed by atoms with Crippen LogP contribution in [0.1, 0.15) is 26.6 Å². The first-order valence-corrected chi connectivity index (χ1v) is 9.17. The van der Waals surface area contributed by atoms with E-state index in [1.165, 1.54) is 9.58 Å². The van der Waals surface area contributed by atoms with Crippen LogP contribution in [0.25, 0.3) is 10.6 Å². The van der Waals surface area contributed by atoms with Crippen molar-refractivity contribution in [3.8, 4) is 10.6 Å². The molecule has 2 aromatic rings. The largest absolute Gasteiger partial charge is 0.480 e. The summed E-state index contributed by atoms with van der Waals surface area (Å²) in [6.45, 7) is 5.70. The third-order valence-corrected chi connectivity index (χ3v) is 5.77. The van der Waals surface area contributed by atoms with Gasteiger partial charge < -0.3 is 14.7 Å². The Kier molecular flexibility index (Phi) is 5.11. The molecule has 27 heavy (non-hydrogen) atoms. The van der Waals surface area contributed by atoms with Crippen molar-refractivity contribution in [2.75, 3.05) is 19.8 Å². The second-order valence-corrected chi connectivity index (χ2v) is 7.37. The van der Waals surface area contributed by atoms with Crippen molar-refractivity contribution in [2.24, 2.45) is 7.05 Å². The van der Waals surface area contributed by atoms with Gasteiger partial charge in [0.15, 0.2) is 6.04 Å². The van der Waals surface area contributed by atoms with Crippen LogP contribution in [-0.4, -0.2) is 62.4 Å². The molecule has 0 spiro atoms. The molecule has 0 bridgehead atoms. The van der Waals surface area contributed by atoms with Crippen LogP contribution in [0, 0.1) is 20.8 Å². The molecule has 0 aliphatic carbocycles. The first-order valence-electron chi connectivity index (χ1n) is 8.36. The van der Waals surface area contributed by atoms with Gasteiger partial charge in [0.2, 0.25) is 0 Å². The molecule has 1 fully saturated rings. The number of morpholine rings is 1. The molecule has 0 unspecified atom stereocenters. The van der Waals surface area contributed by atoms with Gasteiger partial charge in [-0.3, -0.25) is 9.59 Å². The van der Waals surface area contributed by atoms with E-state index in [9.17, 15) is 19.5 Å². The number of thiazole rings is 1. The normalized spacial score (nSPS) is 17.2. The number of amides is 1. The molecule has 1 atom stereocenters. The molecule has 1 N–H and O–H groups in total. The Morgan fingerprint density at radius 2 is 1.96 bits per heavy atom. The van der Waals surface area contributed by atoms with Crippen LogP contribution in [0.3, 0.4) is 0 Å². The number of hydrogen-bond donors (Lipinski definition) is 1. The molecule has 2 aromatic heterocycles. The standard InChI is InChI=1S/C17H20N4O5S/c1-8-9(2)19-20(4)15(22)12(8)14-18-10(3)13(27-14)16(23)21-5-6-26-7-11(21)17(24)25/h11H,5-7H2,1-4H3,(H,24,25)/t11-/m1/s1. The molecule has 1 saturated heterocycles. The second kappa shape index (κ2) is 7.20. The number of carboxylic acids is 1. The van der Waals surface area contributed by atoms with Gasteiger partial charge in [0.05, 0.1) is 30.2 Å². The minimum Gasteiger partial charge on any atom is -0.480 e. The Hall–Kier alpha value is -2.59. The number of aryl methyl sites for hydroxylation is 3. The molecule has 3 rings (SSSR count). The molecule has 0 saturated carbocycles. The molecule has 144 valence electrons. The van der Waals surface area contributed by atoms with Gasteiger partial charge in [0.25, 0.3) is 11.5 Å². The predicted molar refractivity (Wildman–Crippen MR) is 98.1 cm³/mol. The lowest BCUT2D eigenvalue weighted by molar-refractivity contribution is -0.147. The molecule has 0 aromatic carbocycles. The highest BCUT2D eigenvalue weighted by atomic mass is 32.1. The fraction of sp³-hybridized carbons (Fsp3) is 0.471. The maximum Gasteiger partial charge on any atom is 0.328 e. The van der Waals surface area contributed by atoms with Crippen LogP contribution in [0.15, 0.2) is 4.79 Å². The average Bonchev–Trinajstić information content (AvgIpc) is 3.01. The third kappa shape index (κ3) is 3.37. The van der Waals surface area contributed by atoms with Crippen molar-refractivity contribution >= 4 is 23.2 Å². The zero-order chi connectivity index (χ0) is 19.9. The molecule has 1 aliphatic rings. The summed E-state index contributed by atoms with van der Waals surface area (Å²) in [4.78, 5) is 43.0. The van der Waals surface area contributed by atoms with Crippen LogP contribution < -0.4 is 5.56 Å². The van der Waals surface area contributed by atoms with E-state index in [4.69, 9.17) is 4.74 Å². The first-order chi connectivity index (χ1) is 12.7. The van der Waals surface area contributed by atoms with E-state index in [1.807, 2.05) is 0 Å². The van der Waals surface area contributed by atoms with E-state index in [0.717, 1.165) is 11.3 Å². The number of nitrogens with zero attached hydrogens (tertiary/aromatic N) is 4. The van der Waals surface area contributed by atoms with E-state index in [2.05, 4.69) is 10.1 Å².